The number of hydrogen-bond acceptors (Lipinski definition) is 6. The zero-order chi connectivity index (χ0) is 39.3. The molecule has 6 nitrogen and oxygen atoms in total. The first-order valence-corrected chi connectivity index (χ1v) is 20.5. The zero-order valence-corrected chi connectivity index (χ0v) is 33.3. The van der Waals surface area contributed by atoms with Crippen LogP contribution in [0.25, 0.3) is 11.1 Å². The van der Waals surface area contributed by atoms with E-state index in [1.54, 1.807) is 6.08 Å². The highest BCUT2D eigenvalue weighted by atomic mass is 32.2. The molecule has 0 radical (unpaired) electrons. The maximum absolute atomic E-state index is 13.5. The van der Waals surface area contributed by atoms with Crippen molar-refractivity contribution in [3.63, 3.8) is 0 Å². The molecule has 5 aromatic rings. The van der Waals surface area contributed by atoms with Crippen LogP contribution in [-0.4, -0.2) is 42.4 Å². The summed E-state index contributed by atoms with van der Waals surface area (Å²) in [7, 11) is 0. The molecule has 5 aromatic carbocycles. The largest absolute Gasteiger partial charge is 0.456 e. The standard InChI is InChI=1S/C49H51NO5S/c1-35(2)46(50-48(53)54-34-45-43-30-18-16-28-41(43)42-29-17-19-31-44(42)45)47(52)55-40(33-36(3)51)27-15-4-5-20-32-56-49(37-21-9-6-10-22-37,38-23-11-7-12-24-38)39-25-13-8-14-26-39/h6-19,21-31,35,40,45-46H,4-5,20,32-34H2,1-3H3,(H,50,53)/b27-15+/t40-,46?/m1/s1. The predicted octanol–water partition coefficient (Wildman–Crippen LogP) is 10.9. The molecule has 0 saturated heterocycles. The SMILES string of the molecule is CC(=O)C[C@@H](/C=C/CCCCSC(c1ccccc1)(c1ccccc1)c1ccccc1)OC(=O)C(NC(=O)OCC1c2ccccc2-c2ccccc21)C(C)C. The van der Waals surface area contributed by atoms with Crippen LogP contribution >= 0.6 is 11.8 Å². The lowest BCUT2D eigenvalue weighted by Crippen LogP contribution is -2.46. The van der Waals surface area contributed by atoms with Gasteiger partial charge in [-0.2, -0.15) is 0 Å². The summed E-state index contributed by atoms with van der Waals surface area (Å²) in [5.41, 5.74) is 8.22. The average molecular weight is 766 g/mol. The Morgan fingerprint density at radius 3 is 1.71 bits per heavy atom. The minimum Gasteiger partial charge on any atom is -0.456 e. The Kier molecular flexibility index (Phi) is 14.0. The second kappa shape index (κ2) is 19.5. The first kappa shape index (κ1) is 40.3. The fraction of sp³-hybridized carbons (Fsp3) is 0.286. The Morgan fingerprint density at radius 2 is 1.21 bits per heavy atom. The highest BCUT2D eigenvalue weighted by Crippen LogP contribution is 2.49. The first-order chi connectivity index (χ1) is 27.3. The van der Waals surface area contributed by atoms with Crippen LogP contribution in [0, 0.1) is 5.92 Å². The van der Waals surface area contributed by atoms with E-state index in [2.05, 4.69) is 121 Å². The van der Waals surface area contributed by atoms with Gasteiger partial charge in [0, 0.05) is 12.3 Å². The molecule has 288 valence electrons. The van der Waals surface area contributed by atoms with Gasteiger partial charge in [0.1, 0.15) is 24.5 Å². The molecule has 56 heavy (non-hydrogen) atoms. The summed E-state index contributed by atoms with van der Waals surface area (Å²) < 4.78 is 11.2. The fourth-order valence-corrected chi connectivity index (χ4v) is 9.09. The number of carbonyl (C=O) groups excluding carboxylic acids is 3. The lowest BCUT2D eigenvalue weighted by atomic mass is 9.84. The number of alkyl carbamates (subject to hydrolysis) is 1. The van der Waals surface area contributed by atoms with Crippen LogP contribution in [0.1, 0.15) is 80.2 Å². The number of ketones is 1. The summed E-state index contributed by atoms with van der Waals surface area (Å²) >= 11 is 1.94. The number of carbonyl (C=O) groups is 3. The van der Waals surface area contributed by atoms with Crippen LogP contribution in [0.2, 0.25) is 0 Å². The maximum atomic E-state index is 13.5. The lowest BCUT2D eigenvalue weighted by molar-refractivity contribution is -0.151. The van der Waals surface area contributed by atoms with Crippen molar-refractivity contribution in [1.82, 2.24) is 5.32 Å². The van der Waals surface area contributed by atoms with Crippen molar-refractivity contribution in [3.05, 3.63) is 179 Å². The van der Waals surface area contributed by atoms with Crippen molar-refractivity contribution in [1.29, 1.82) is 0 Å². The average Bonchev–Trinajstić information content (AvgIpc) is 3.54. The number of allylic oxidation sites excluding steroid dienone is 1. The number of esters is 1. The number of amides is 1. The number of Topliss-reactive ketones (excluding diaryl/α,β-unsaturated/α-hetero) is 1. The van der Waals surface area contributed by atoms with E-state index in [-0.39, 0.29) is 35.4 Å². The van der Waals surface area contributed by atoms with Crippen molar-refractivity contribution < 1.29 is 23.9 Å². The Labute approximate surface area is 335 Å². The molecule has 1 unspecified atom stereocenters. The quantitative estimate of drug-likeness (QED) is 0.0414. The van der Waals surface area contributed by atoms with E-state index < -0.39 is 24.2 Å². The van der Waals surface area contributed by atoms with Crippen LogP contribution < -0.4 is 5.32 Å². The smallest absolute Gasteiger partial charge is 0.407 e. The summed E-state index contributed by atoms with van der Waals surface area (Å²) in [5.74, 6) is -0.123. The molecule has 0 aliphatic heterocycles. The number of hydrogen-bond donors (Lipinski definition) is 1. The third kappa shape index (κ3) is 9.69. The molecule has 0 aromatic heterocycles. The van der Waals surface area contributed by atoms with E-state index in [9.17, 15) is 14.4 Å². The maximum Gasteiger partial charge on any atom is 0.407 e. The molecule has 0 bridgehead atoms. The summed E-state index contributed by atoms with van der Waals surface area (Å²) in [4.78, 5) is 38.8. The van der Waals surface area contributed by atoms with Crippen molar-refractivity contribution in [2.45, 2.75) is 69.3 Å². The topological polar surface area (TPSA) is 81.7 Å². The summed E-state index contributed by atoms with van der Waals surface area (Å²) in [6.07, 6.45) is 5.11. The van der Waals surface area contributed by atoms with Crippen LogP contribution in [0.5, 0.6) is 0 Å². The van der Waals surface area contributed by atoms with Crippen LogP contribution in [-0.2, 0) is 23.8 Å². The highest BCUT2D eigenvalue weighted by Gasteiger charge is 2.37. The molecule has 1 aliphatic rings. The summed E-state index contributed by atoms with van der Waals surface area (Å²) in [6, 6.07) is 47.4. The van der Waals surface area contributed by atoms with E-state index in [1.165, 1.54) is 23.6 Å². The van der Waals surface area contributed by atoms with E-state index >= 15 is 0 Å². The van der Waals surface area contributed by atoms with Crippen molar-refractivity contribution in [2.75, 3.05) is 12.4 Å². The van der Waals surface area contributed by atoms with Gasteiger partial charge in [-0.05, 0) is 82.9 Å². The minimum atomic E-state index is -0.940. The molecular formula is C49H51NO5S. The fourth-order valence-electron chi connectivity index (χ4n) is 7.53. The zero-order valence-electron chi connectivity index (χ0n) is 32.4. The molecule has 7 heteroatoms. The second-order valence-corrected chi connectivity index (χ2v) is 15.9. The van der Waals surface area contributed by atoms with Gasteiger partial charge in [0.05, 0.1) is 4.75 Å². The number of nitrogens with one attached hydrogen (secondary N) is 1. The Hall–Kier alpha value is -5.40. The number of thioether (sulfide) groups is 1. The van der Waals surface area contributed by atoms with Gasteiger partial charge >= 0.3 is 12.1 Å². The van der Waals surface area contributed by atoms with E-state index in [0.29, 0.717) is 0 Å². The molecule has 6 rings (SSSR count). The van der Waals surface area contributed by atoms with Crippen molar-refractivity contribution >= 4 is 29.6 Å². The summed E-state index contributed by atoms with van der Waals surface area (Å²) in [5, 5.41) is 2.74. The molecule has 1 aliphatic carbocycles. The lowest BCUT2D eigenvalue weighted by Gasteiger charge is -2.35. The van der Waals surface area contributed by atoms with Gasteiger partial charge in [0.2, 0.25) is 0 Å². The van der Waals surface area contributed by atoms with Gasteiger partial charge < -0.3 is 14.8 Å². The van der Waals surface area contributed by atoms with Gasteiger partial charge in [-0.1, -0.05) is 159 Å². The van der Waals surface area contributed by atoms with Crippen LogP contribution in [0.4, 0.5) is 4.79 Å². The number of fused-ring (bicyclic) bond motifs is 3. The van der Waals surface area contributed by atoms with Crippen LogP contribution in [0.15, 0.2) is 152 Å². The molecule has 0 fully saturated rings. The van der Waals surface area contributed by atoms with Crippen molar-refractivity contribution in [2.24, 2.45) is 5.92 Å². The molecule has 0 heterocycles. The normalized spacial score (nSPS) is 13.5. The first-order valence-electron chi connectivity index (χ1n) is 19.6. The van der Waals surface area contributed by atoms with Crippen molar-refractivity contribution in [3.8, 4) is 11.1 Å². The Bertz CT molecular complexity index is 1940. The van der Waals surface area contributed by atoms with E-state index in [4.69, 9.17) is 9.47 Å². The van der Waals surface area contributed by atoms with E-state index in [0.717, 1.165) is 47.3 Å². The number of benzene rings is 5. The molecular weight excluding hydrogens is 715 g/mol. The summed E-state index contributed by atoms with van der Waals surface area (Å²) in [6.45, 7) is 5.30. The Balaban J connectivity index is 1.03. The van der Waals surface area contributed by atoms with Gasteiger partial charge in [0.15, 0.2) is 0 Å². The molecule has 1 N–H and O–H groups in total. The minimum absolute atomic E-state index is 0.0571. The third-order valence-electron chi connectivity index (χ3n) is 10.3. The van der Waals surface area contributed by atoms with Gasteiger partial charge in [0.25, 0.3) is 0 Å². The van der Waals surface area contributed by atoms with Gasteiger partial charge in [-0.25, -0.2) is 9.59 Å². The molecule has 2 atom stereocenters. The molecule has 0 spiro atoms. The molecule has 0 saturated carbocycles. The highest BCUT2D eigenvalue weighted by molar-refractivity contribution is 8.00. The molecule has 1 amide bonds. The van der Waals surface area contributed by atoms with Gasteiger partial charge in [-0.15, -0.1) is 11.8 Å². The number of ether oxygens (including phenoxy) is 2. The van der Waals surface area contributed by atoms with Crippen LogP contribution in [0.3, 0.4) is 0 Å². The van der Waals surface area contributed by atoms with E-state index in [1.807, 2.05) is 56.0 Å². The van der Waals surface area contributed by atoms with Gasteiger partial charge in [-0.3, -0.25) is 4.79 Å². The predicted molar refractivity (Wildman–Crippen MR) is 227 cm³/mol. The second-order valence-electron chi connectivity index (χ2n) is 14.6. The number of unbranched alkanes of at least 4 members (excludes halogenated alkanes) is 2. The number of rotatable bonds is 18. The Morgan fingerprint density at radius 1 is 0.714 bits per heavy atom. The third-order valence-corrected chi connectivity index (χ3v) is 11.9. The monoisotopic (exact) mass is 765 g/mol.